The molecular formula is C53H35N7. The Morgan fingerprint density at radius 1 is 0.217 bits per heavy atom. The van der Waals surface area contributed by atoms with Gasteiger partial charge in [0, 0.05) is 45.1 Å². The van der Waals surface area contributed by atoms with Crippen molar-refractivity contribution < 1.29 is 0 Å². The molecule has 7 nitrogen and oxygen atoms in total. The first-order chi connectivity index (χ1) is 29.7. The number of hydrogen-bond acceptors (Lipinski definition) is 7. The molecule has 3 aromatic heterocycles. The minimum Gasteiger partial charge on any atom is -0.256 e. The van der Waals surface area contributed by atoms with E-state index in [1.807, 2.05) is 140 Å². The fraction of sp³-hybridized carbons (Fsp3) is 0. The highest BCUT2D eigenvalue weighted by molar-refractivity contribution is 5.94. The zero-order chi connectivity index (χ0) is 40.1. The molecule has 0 radical (unpaired) electrons. The Morgan fingerprint density at radius 2 is 0.500 bits per heavy atom. The van der Waals surface area contributed by atoms with Gasteiger partial charge in [-0.2, -0.15) is 0 Å². The Hall–Kier alpha value is -8.29. The largest absolute Gasteiger partial charge is 0.256 e. The number of hydrogen-bond donors (Lipinski definition) is 0. The van der Waals surface area contributed by atoms with E-state index in [1.54, 1.807) is 0 Å². The predicted molar refractivity (Wildman–Crippen MR) is 240 cm³/mol. The average Bonchev–Trinajstić information content (AvgIpc) is 3.35. The van der Waals surface area contributed by atoms with Crippen molar-refractivity contribution in [3.05, 3.63) is 212 Å². The maximum atomic E-state index is 4.95. The first-order valence-corrected chi connectivity index (χ1v) is 19.7. The Kier molecular flexibility index (Phi) is 9.79. The van der Waals surface area contributed by atoms with Gasteiger partial charge in [0.1, 0.15) is 0 Å². The van der Waals surface area contributed by atoms with Gasteiger partial charge < -0.3 is 0 Å². The lowest BCUT2D eigenvalue weighted by atomic mass is 9.89. The van der Waals surface area contributed by atoms with Crippen molar-refractivity contribution in [3.8, 4) is 102 Å². The molecule has 10 rings (SSSR count). The highest BCUT2D eigenvalue weighted by Gasteiger charge is 2.18. The smallest absolute Gasteiger partial charge is 0.164 e. The van der Waals surface area contributed by atoms with E-state index >= 15 is 0 Å². The van der Waals surface area contributed by atoms with Crippen LogP contribution in [-0.4, -0.2) is 34.9 Å². The zero-order valence-corrected chi connectivity index (χ0v) is 32.3. The summed E-state index contributed by atoms with van der Waals surface area (Å²) in [6.07, 6.45) is 1.84. The molecule has 60 heavy (non-hydrogen) atoms. The van der Waals surface area contributed by atoms with E-state index in [0.29, 0.717) is 34.9 Å². The van der Waals surface area contributed by atoms with Gasteiger partial charge in [-0.3, -0.25) is 4.98 Å². The Morgan fingerprint density at radius 3 is 0.800 bits per heavy atom. The van der Waals surface area contributed by atoms with Crippen molar-refractivity contribution in [1.29, 1.82) is 0 Å². The second-order valence-corrected chi connectivity index (χ2v) is 14.2. The van der Waals surface area contributed by atoms with Gasteiger partial charge in [0.2, 0.25) is 0 Å². The van der Waals surface area contributed by atoms with Crippen LogP contribution in [0.2, 0.25) is 0 Å². The summed E-state index contributed by atoms with van der Waals surface area (Å²) in [7, 11) is 0. The molecular weight excluding hydrogens is 735 g/mol. The molecule has 0 unspecified atom stereocenters. The third-order valence-corrected chi connectivity index (χ3v) is 10.3. The summed E-state index contributed by atoms with van der Waals surface area (Å²) in [5.41, 5.74) is 11.6. The molecule has 0 N–H and O–H groups in total. The van der Waals surface area contributed by atoms with Gasteiger partial charge in [0.05, 0.1) is 5.69 Å². The van der Waals surface area contributed by atoms with Crippen LogP contribution in [-0.2, 0) is 0 Å². The summed E-state index contributed by atoms with van der Waals surface area (Å²) in [6, 6.07) is 69.4. The molecule has 0 atom stereocenters. The number of rotatable bonds is 9. The van der Waals surface area contributed by atoms with Gasteiger partial charge >= 0.3 is 0 Å². The molecule has 7 aromatic carbocycles. The summed E-state index contributed by atoms with van der Waals surface area (Å²) in [5, 5.41) is 0. The summed E-state index contributed by atoms with van der Waals surface area (Å²) in [5.74, 6) is 3.73. The van der Waals surface area contributed by atoms with Crippen molar-refractivity contribution in [3.63, 3.8) is 0 Å². The van der Waals surface area contributed by atoms with Crippen molar-refractivity contribution in [2.75, 3.05) is 0 Å². The molecule has 3 heterocycles. The minimum atomic E-state index is 0.609. The van der Waals surface area contributed by atoms with Gasteiger partial charge in [-0.15, -0.1) is 0 Å². The molecule has 0 amide bonds. The SMILES string of the molecule is c1ccc(-c2nc(-c3ccccc3)nc(-c3ccc(-c4cccc(-c5ccc(-c6nc(-c7ccccc7)nc(-c7ccccc7)n6)cc5)c4-c4ccccn4)cc3)n2)cc1. The van der Waals surface area contributed by atoms with Crippen LogP contribution in [0.5, 0.6) is 0 Å². The second kappa shape index (κ2) is 16.3. The van der Waals surface area contributed by atoms with Crippen molar-refractivity contribution in [2.24, 2.45) is 0 Å². The summed E-state index contributed by atoms with van der Waals surface area (Å²) in [6.45, 7) is 0. The van der Waals surface area contributed by atoms with Crippen LogP contribution in [0.3, 0.4) is 0 Å². The van der Waals surface area contributed by atoms with Crippen LogP contribution in [0.4, 0.5) is 0 Å². The average molecular weight is 770 g/mol. The monoisotopic (exact) mass is 769 g/mol. The first-order valence-electron chi connectivity index (χ1n) is 19.7. The van der Waals surface area contributed by atoms with Crippen LogP contribution >= 0.6 is 0 Å². The van der Waals surface area contributed by atoms with Crippen LogP contribution in [0.25, 0.3) is 102 Å². The number of nitrogens with zero attached hydrogens (tertiary/aromatic N) is 7. The van der Waals surface area contributed by atoms with Gasteiger partial charge in [0.25, 0.3) is 0 Å². The molecule has 0 fully saturated rings. The van der Waals surface area contributed by atoms with Crippen LogP contribution in [0.15, 0.2) is 212 Å². The maximum absolute atomic E-state index is 4.95. The highest BCUT2D eigenvalue weighted by Crippen LogP contribution is 2.40. The second-order valence-electron chi connectivity index (χ2n) is 14.2. The zero-order valence-electron chi connectivity index (χ0n) is 32.3. The van der Waals surface area contributed by atoms with Gasteiger partial charge in [-0.05, 0) is 34.4 Å². The highest BCUT2D eigenvalue weighted by atomic mass is 15.0. The number of benzene rings is 7. The fourth-order valence-corrected chi connectivity index (χ4v) is 7.29. The Balaban J connectivity index is 1.03. The molecule has 0 aliphatic heterocycles. The summed E-state index contributed by atoms with van der Waals surface area (Å²) >= 11 is 0. The van der Waals surface area contributed by atoms with Crippen LogP contribution in [0, 0.1) is 0 Å². The van der Waals surface area contributed by atoms with E-state index in [9.17, 15) is 0 Å². The molecule has 0 aliphatic rings. The first kappa shape index (κ1) is 36.1. The molecule has 0 aliphatic carbocycles. The molecule has 0 saturated carbocycles. The van der Waals surface area contributed by atoms with E-state index in [-0.39, 0.29) is 0 Å². The summed E-state index contributed by atoms with van der Waals surface area (Å²) in [4.78, 5) is 34.4. The normalized spacial score (nSPS) is 11.0. The molecule has 0 bridgehead atoms. The van der Waals surface area contributed by atoms with E-state index < -0.39 is 0 Å². The van der Waals surface area contributed by atoms with Crippen molar-refractivity contribution >= 4 is 0 Å². The van der Waals surface area contributed by atoms with E-state index in [1.165, 1.54) is 0 Å². The number of pyridine rings is 1. The third kappa shape index (κ3) is 7.46. The van der Waals surface area contributed by atoms with Gasteiger partial charge in [-0.1, -0.05) is 194 Å². The molecule has 7 heteroatoms. The Bertz CT molecular complexity index is 2730. The van der Waals surface area contributed by atoms with Crippen molar-refractivity contribution in [2.45, 2.75) is 0 Å². The predicted octanol–water partition coefficient (Wildman–Crippen LogP) is 12.5. The lowest BCUT2D eigenvalue weighted by Crippen LogP contribution is -2.00. The number of aromatic nitrogens is 7. The quantitative estimate of drug-likeness (QED) is 0.144. The van der Waals surface area contributed by atoms with E-state index in [2.05, 4.69) is 72.8 Å². The van der Waals surface area contributed by atoms with Crippen LogP contribution < -0.4 is 0 Å². The van der Waals surface area contributed by atoms with E-state index in [0.717, 1.165) is 66.9 Å². The standard InChI is InChI=1S/C53H35N7/c1-5-16-38(17-6-1)48-55-49(39-18-7-2-8-19-39)58-52(57-48)42-31-27-36(28-32-42)44-24-15-25-45(47(44)46-26-13-14-35-54-46)37-29-33-43(34-30-37)53-59-50(40-20-9-3-10-21-40)56-51(60-53)41-22-11-4-12-23-41/h1-35H. The Labute approximate surface area is 347 Å². The van der Waals surface area contributed by atoms with Crippen LogP contribution in [0.1, 0.15) is 0 Å². The molecule has 282 valence electrons. The fourth-order valence-electron chi connectivity index (χ4n) is 7.29. The maximum Gasteiger partial charge on any atom is 0.164 e. The summed E-state index contributed by atoms with van der Waals surface area (Å²) < 4.78 is 0. The molecule has 10 aromatic rings. The topological polar surface area (TPSA) is 90.2 Å². The van der Waals surface area contributed by atoms with Gasteiger partial charge in [0.15, 0.2) is 34.9 Å². The lowest BCUT2D eigenvalue weighted by molar-refractivity contribution is 1.07. The van der Waals surface area contributed by atoms with E-state index in [4.69, 9.17) is 34.9 Å². The third-order valence-electron chi connectivity index (χ3n) is 10.3. The molecule has 0 saturated heterocycles. The minimum absolute atomic E-state index is 0.609. The molecule has 0 spiro atoms. The van der Waals surface area contributed by atoms with Crippen molar-refractivity contribution in [1.82, 2.24) is 34.9 Å². The lowest BCUT2D eigenvalue weighted by Gasteiger charge is -2.16. The van der Waals surface area contributed by atoms with Gasteiger partial charge in [-0.25, -0.2) is 29.9 Å².